The molecule has 15 heavy (non-hydrogen) atoms. The highest BCUT2D eigenvalue weighted by Crippen LogP contribution is 2.22. The summed E-state index contributed by atoms with van der Waals surface area (Å²) in [4.78, 5) is 4.18. The minimum Gasteiger partial charge on any atom is -0.372 e. The van der Waals surface area contributed by atoms with Gasteiger partial charge in [0.05, 0.1) is 18.4 Å². The quantitative estimate of drug-likeness (QED) is 0.750. The maximum Gasteiger partial charge on any atom is 0.183 e. The molecule has 0 saturated heterocycles. The van der Waals surface area contributed by atoms with Crippen molar-refractivity contribution in [1.82, 2.24) is 4.98 Å². The average molecular weight is 246 g/mol. The highest BCUT2D eigenvalue weighted by molar-refractivity contribution is 7.13. The summed E-state index contributed by atoms with van der Waals surface area (Å²) in [5, 5.41) is 1.97. The largest absolute Gasteiger partial charge is 0.372 e. The molecule has 1 aromatic heterocycles. The normalized spacial score (nSPS) is 19.0. The van der Waals surface area contributed by atoms with Crippen LogP contribution in [0.25, 0.3) is 0 Å². The monoisotopic (exact) mass is 245 g/mol. The van der Waals surface area contributed by atoms with Gasteiger partial charge in [0, 0.05) is 5.38 Å². The number of thiazole rings is 1. The van der Waals surface area contributed by atoms with Gasteiger partial charge in [-0.25, -0.2) is 4.98 Å². The third-order valence-corrected chi connectivity index (χ3v) is 3.82. The lowest BCUT2D eigenvalue weighted by molar-refractivity contribution is 0.0295. The van der Waals surface area contributed by atoms with E-state index in [0.717, 1.165) is 5.69 Å². The standard InChI is InChI=1S/C11H16ClNOS/c12-11-13-9(8-15-11)7-14-10-5-3-1-2-4-6-10/h8,10H,1-7H2. The summed E-state index contributed by atoms with van der Waals surface area (Å²) in [7, 11) is 0. The lowest BCUT2D eigenvalue weighted by Crippen LogP contribution is -2.11. The molecule has 0 N–H and O–H groups in total. The summed E-state index contributed by atoms with van der Waals surface area (Å²) in [6, 6.07) is 0. The van der Waals surface area contributed by atoms with Gasteiger partial charge in [-0.15, -0.1) is 11.3 Å². The minimum absolute atomic E-state index is 0.438. The maximum absolute atomic E-state index is 5.85. The molecule has 1 fully saturated rings. The lowest BCUT2D eigenvalue weighted by atomic mass is 10.1. The van der Waals surface area contributed by atoms with Gasteiger partial charge in [-0.05, 0) is 12.8 Å². The molecule has 4 heteroatoms. The Balaban J connectivity index is 1.76. The van der Waals surface area contributed by atoms with E-state index in [0.29, 0.717) is 17.2 Å². The Morgan fingerprint density at radius 1 is 1.33 bits per heavy atom. The molecule has 0 amide bonds. The van der Waals surface area contributed by atoms with Gasteiger partial charge in [0.1, 0.15) is 0 Å². The molecular weight excluding hydrogens is 230 g/mol. The van der Waals surface area contributed by atoms with Crippen molar-refractivity contribution in [1.29, 1.82) is 0 Å². The van der Waals surface area contributed by atoms with Crippen LogP contribution < -0.4 is 0 Å². The topological polar surface area (TPSA) is 22.1 Å². The summed E-state index contributed by atoms with van der Waals surface area (Å²) in [6.07, 6.45) is 8.19. The van der Waals surface area contributed by atoms with Crippen molar-refractivity contribution in [3.63, 3.8) is 0 Å². The molecule has 2 rings (SSSR count). The predicted octanol–water partition coefficient (Wildman–Crippen LogP) is 4.04. The van der Waals surface area contributed by atoms with E-state index in [9.17, 15) is 0 Å². The first-order valence-electron chi connectivity index (χ1n) is 5.56. The third-order valence-electron chi connectivity index (χ3n) is 2.79. The second-order valence-electron chi connectivity index (χ2n) is 4.02. The Morgan fingerprint density at radius 3 is 2.67 bits per heavy atom. The number of ether oxygens (including phenoxy) is 1. The number of halogens is 1. The number of aromatic nitrogens is 1. The molecule has 1 saturated carbocycles. The first-order chi connectivity index (χ1) is 7.34. The summed E-state index contributed by atoms with van der Waals surface area (Å²) in [6.45, 7) is 0.619. The van der Waals surface area contributed by atoms with Crippen LogP contribution in [0.15, 0.2) is 5.38 Å². The molecule has 0 bridgehead atoms. The van der Waals surface area contributed by atoms with E-state index in [1.165, 1.54) is 49.9 Å². The average Bonchev–Trinajstić information content (AvgIpc) is 2.52. The van der Waals surface area contributed by atoms with Crippen LogP contribution in [0.1, 0.15) is 44.2 Å². The van der Waals surface area contributed by atoms with Crippen molar-refractivity contribution < 1.29 is 4.74 Å². The van der Waals surface area contributed by atoms with Crippen LogP contribution in [0.5, 0.6) is 0 Å². The maximum atomic E-state index is 5.85. The number of nitrogens with zero attached hydrogens (tertiary/aromatic N) is 1. The van der Waals surface area contributed by atoms with Crippen molar-refractivity contribution in [2.75, 3.05) is 0 Å². The van der Waals surface area contributed by atoms with Gasteiger partial charge in [0.2, 0.25) is 0 Å². The molecule has 0 unspecified atom stereocenters. The van der Waals surface area contributed by atoms with Crippen LogP contribution in [-0.2, 0) is 11.3 Å². The first-order valence-corrected chi connectivity index (χ1v) is 6.82. The van der Waals surface area contributed by atoms with Gasteiger partial charge in [0.15, 0.2) is 4.47 Å². The second kappa shape index (κ2) is 5.83. The van der Waals surface area contributed by atoms with E-state index < -0.39 is 0 Å². The second-order valence-corrected chi connectivity index (χ2v) is 5.46. The van der Waals surface area contributed by atoms with Crippen LogP contribution in [0.2, 0.25) is 4.47 Å². The minimum atomic E-state index is 0.438. The van der Waals surface area contributed by atoms with E-state index in [1.54, 1.807) is 0 Å². The molecule has 0 aromatic carbocycles. The molecule has 1 aliphatic carbocycles. The summed E-state index contributed by atoms with van der Waals surface area (Å²) in [5.74, 6) is 0. The van der Waals surface area contributed by atoms with Gasteiger partial charge in [0.25, 0.3) is 0 Å². The lowest BCUT2D eigenvalue weighted by Gasteiger charge is -2.13. The zero-order valence-corrected chi connectivity index (χ0v) is 10.3. The zero-order chi connectivity index (χ0) is 10.5. The Hall–Kier alpha value is -0.120. The van der Waals surface area contributed by atoms with Gasteiger partial charge in [-0.1, -0.05) is 37.3 Å². The Labute approximate surface area is 99.6 Å². The Kier molecular flexibility index (Phi) is 4.42. The third kappa shape index (κ3) is 3.74. The van der Waals surface area contributed by atoms with Gasteiger partial charge in [-0.2, -0.15) is 0 Å². The number of hydrogen-bond acceptors (Lipinski definition) is 3. The van der Waals surface area contributed by atoms with Gasteiger partial charge >= 0.3 is 0 Å². The fourth-order valence-electron chi connectivity index (χ4n) is 1.96. The molecule has 2 nitrogen and oxygen atoms in total. The molecule has 1 aromatic rings. The Bertz CT molecular complexity index is 295. The summed E-state index contributed by atoms with van der Waals surface area (Å²) in [5.41, 5.74) is 0.967. The molecule has 1 heterocycles. The highest BCUT2D eigenvalue weighted by Gasteiger charge is 2.13. The summed E-state index contributed by atoms with van der Waals surface area (Å²) >= 11 is 7.23. The molecule has 0 atom stereocenters. The molecular formula is C11H16ClNOS. The van der Waals surface area contributed by atoms with Crippen molar-refractivity contribution >= 4 is 22.9 Å². The van der Waals surface area contributed by atoms with Crippen molar-refractivity contribution in [2.24, 2.45) is 0 Å². The van der Waals surface area contributed by atoms with Gasteiger partial charge < -0.3 is 4.74 Å². The van der Waals surface area contributed by atoms with Crippen LogP contribution in [0, 0.1) is 0 Å². The van der Waals surface area contributed by atoms with E-state index in [1.807, 2.05) is 5.38 Å². The number of rotatable bonds is 3. The SMILES string of the molecule is Clc1nc(COC2CCCCCC2)cs1. The van der Waals surface area contributed by atoms with Crippen LogP contribution >= 0.6 is 22.9 Å². The van der Waals surface area contributed by atoms with Crippen LogP contribution in [0.3, 0.4) is 0 Å². The first kappa shape index (κ1) is 11.4. The smallest absolute Gasteiger partial charge is 0.183 e. The molecule has 1 aliphatic rings. The van der Waals surface area contributed by atoms with E-state index in [4.69, 9.17) is 16.3 Å². The van der Waals surface area contributed by atoms with Crippen LogP contribution in [-0.4, -0.2) is 11.1 Å². The van der Waals surface area contributed by atoms with Crippen LogP contribution in [0.4, 0.5) is 0 Å². The predicted molar refractivity (Wildman–Crippen MR) is 63.4 cm³/mol. The van der Waals surface area contributed by atoms with E-state index in [-0.39, 0.29) is 0 Å². The highest BCUT2D eigenvalue weighted by atomic mass is 35.5. The fraction of sp³-hybridized carbons (Fsp3) is 0.727. The van der Waals surface area contributed by atoms with E-state index >= 15 is 0 Å². The Morgan fingerprint density at radius 2 is 2.07 bits per heavy atom. The number of hydrogen-bond donors (Lipinski definition) is 0. The van der Waals surface area contributed by atoms with E-state index in [2.05, 4.69) is 4.98 Å². The zero-order valence-electron chi connectivity index (χ0n) is 8.75. The van der Waals surface area contributed by atoms with Crippen molar-refractivity contribution in [2.45, 2.75) is 51.2 Å². The molecule has 84 valence electrons. The fourth-order valence-corrected chi connectivity index (χ4v) is 2.73. The van der Waals surface area contributed by atoms with Crippen molar-refractivity contribution in [3.8, 4) is 0 Å². The molecule has 0 spiro atoms. The van der Waals surface area contributed by atoms with Crippen molar-refractivity contribution in [3.05, 3.63) is 15.5 Å². The molecule has 0 radical (unpaired) electrons. The molecule has 0 aliphatic heterocycles. The van der Waals surface area contributed by atoms with Gasteiger partial charge in [-0.3, -0.25) is 0 Å². The summed E-state index contributed by atoms with van der Waals surface area (Å²) < 4.78 is 6.45.